The van der Waals surface area contributed by atoms with Crippen molar-refractivity contribution >= 4 is 15.8 Å². The molecule has 0 saturated carbocycles. The van der Waals surface area contributed by atoms with Crippen LogP contribution in [0.3, 0.4) is 0 Å². The summed E-state index contributed by atoms with van der Waals surface area (Å²) in [4.78, 5) is 6.98. The molecule has 1 atom stereocenters. The third-order valence-electron chi connectivity index (χ3n) is 4.95. The van der Waals surface area contributed by atoms with E-state index in [0.717, 1.165) is 50.6 Å². The number of hydrogen-bond acceptors (Lipinski definition) is 4. The van der Waals surface area contributed by atoms with Crippen molar-refractivity contribution in [2.75, 3.05) is 37.7 Å². The van der Waals surface area contributed by atoms with Crippen LogP contribution in [-0.2, 0) is 9.84 Å². The molecule has 6 nitrogen and oxygen atoms in total. The quantitative estimate of drug-likeness (QED) is 0.625. The number of para-hydroxylation sites is 1. The third-order valence-corrected chi connectivity index (χ3v) is 6.79. The molecule has 2 aliphatic heterocycles. The second kappa shape index (κ2) is 8.75. The Balaban J connectivity index is 1.52. The molecule has 2 fully saturated rings. The molecule has 2 saturated heterocycles. The number of nitrogens with zero attached hydrogens (tertiary/aromatic N) is 2. The van der Waals surface area contributed by atoms with Gasteiger partial charge in [-0.05, 0) is 31.4 Å². The maximum atomic E-state index is 11.6. The number of aliphatic imine (C=N–C) groups is 1. The summed E-state index contributed by atoms with van der Waals surface area (Å²) in [6.45, 7) is 5.24. The highest BCUT2D eigenvalue weighted by atomic mass is 32.2. The summed E-state index contributed by atoms with van der Waals surface area (Å²) in [5.41, 5.74) is 0. The molecule has 26 heavy (non-hydrogen) atoms. The molecule has 0 aliphatic carbocycles. The van der Waals surface area contributed by atoms with Gasteiger partial charge in [0.05, 0.1) is 11.5 Å². The minimum atomic E-state index is -2.84. The number of ether oxygens (including phenoxy) is 1. The molecule has 1 aromatic carbocycles. The minimum Gasteiger partial charge on any atom is -0.490 e. The van der Waals surface area contributed by atoms with Crippen LogP contribution in [0, 0.1) is 5.92 Å². The Bertz CT molecular complexity index is 698. The van der Waals surface area contributed by atoms with Crippen molar-refractivity contribution in [3.05, 3.63) is 30.3 Å². The van der Waals surface area contributed by atoms with Gasteiger partial charge in [-0.25, -0.2) is 8.42 Å². The summed E-state index contributed by atoms with van der Waals surface area (Å²) in [7, 11) is -2.84. The molecule has 1 aromatic rings. The monoisotopic (exact) mass is 379 g/mol. The van der Waals surface area contributed by atoms with Crippen molar-refractivity contribution < 1.29 is 13.2 Å². The number of likely N-dealkylation sites (tertiary alicyclic amines) is 1. The first kappa shape index (κ1) is 19.0. The van der Waals surface area contributed by atoms with Crippen LogP contribution in [-0.4, -0.2) is 63.1 Å². The Kier molecular flexibility index (Phi) is 6.40. The van der Waals surface area contributed by atoms with Gasteiger partial charge in [0.2, 0.25) is 0 Å². The number of benzene rings is 1. The molecular weight excluding hydrogens is 350 g/mol. The van der Waals surface area contributed by atoms with Crippen molar-refractivity contribution in [1.82, 2.24) is 10.2 Å². The van der Waals surface area contributed by atoms with Crippen LogP contribution in [0.25, 0.3) is 0 Å². The van der Waals surface area contributed by atoms with E-state index in [4.69, 9.17) is 9.73 Å². The highest BCUT2D eigenvalue weighted by Gasteiger charge is 2.28. The normalized spacial score (nSPS) is 23.8. The molecule has 3 rings (SSSR count). The van der Waals surface area contributed by atoms with Crippen LogP contribution in [0.15, 0.2) is 35.3 Å². The molecular formula is C19H29N3O3S. The van der Waals surface area contributed by atoms with Crippen LogP contribution < -0.4 is 10.1 Å². The first-order chi connectivity index (χ1) is 12.6. The average Bonchev–Trinajstić information content (AvgIpc) is 2.99. The second-order valence-electron chi connectivity index (χ2n) is 7.08. The van der Waals surface area contributed by atoms with Crippen LogP contribution in [0.5, 0.6) is 5.75 Å². The van der Waals surface area contributed by atoms with Crippen LogP contribution in [0.2, 0.25) is 0 Å². The van der Waals surface area contributed by atoms with Crippen molar-refractivity contribution in [3.63, 3.8) is 0 Å². The van der Waals surface area contributed by atoms with Gasteiger partial charge in [0.1, 0.15) is 11.9 Å². The van der Waals surface area contributed by atoms with Crippen molar-refractivity contribution in [2.24, 2.45) is 10.9 Å². The Hall–Kier alpha value is -1.76. The van der Waals surface area contributed by atoms with Gasteiger partial charge in [-0.3, -0.25) is 4.99 Å². The van der Waals surface area contributed by atoms with Crippen LogP contribution in [0.4, 0.5) is 0 Å². The van der Waals surface area contributed by atoms with Gasteiger partial charge >= 0.3 is 0 Å². The predicted octanol–water partition coefficient (Wildman–Crippen LogP) is 1.93. The van der Waals surface area contributed by atoms with Gasteiger partial charge in [0, 0.05) is 39.0 Å². The molecule has 1 N–H and O–H groups in total. The van der Waals surface area contributed by atoms with E-state index in [9.17, 15) is 8.42 Å². The maximum absolute atomic E-state index is 11.6. The lowest BCUT2D eigenvalue weighted by Gasteiger charge is -2.34. The molecule has 0 radical (unpaired) electrons. The Morgan fingerprint density at radius 2 is 1.96 bits per heavy atom. The van der Waals surface area contributed by atoms with Gasteiger partial charge in [-0.15, -0.1) is 0 Å². The standard InChI is InChI=1S/C19H29N3O3S/c1-2-20-19(21-14-16-10-13-26(23,24)15-16)22-11-8-18(9-12-22)25-17-6-4-3-5-7-17/h3-7,16,18H,2,8-15H2,1H3,(H,20,21). The Morgan fingerprint density at radius 1 is 1.23 bits per heavy atom. The number of rotatable bonds is 5. The number of guanidine groups is 1. The summed E-state index contributed by atoms with van der Waals surface area (Å²) in [6.07, 6.45) is 2.88. The highest BCUT2D eigenvalue weighted by Crippen LogP contribution is 2.20. The lowest BCUT2D eigenvalue weighted by Crippen LogP contribution is -2.47. The lowest BCUT2D eigenvalue weighted by molar-refractivity contribution is 0.129. The maximum Gasteiger partial charge on any atom is 0.193 e. The van der Waals surface area contributed by atoms with Gasteiger partial charge in [0.25, 0.3) is 0 Å². The van der Waals surface area contributed by atoms with E-state index in [2.05, 4.69) is 17.1 Å². The van der Waals surface area contributed by atoms with E-state index in [1.54, 1.807) is 0 Å². The SMILES string of the molecule is CCNC(=NCC1CCS(=O)(=O)C1)N1CCC(Oc2ccccc2)CC1. The number of sulfone groups is 1. The Morgan fingerprint density at radius 3 is 2.58 bits per heavy atom. The van der Waals surface area contributed by atoms with E-state index in [1.807, 2.05) is 30.3 Å². The fourth-order valence-corrected chi connectivity index (χ4v) is 5.38. The van der Waals surface area contributed by atoms with Crippen LogP contribution in [0.1, 0.15) is 26.2 Å². The average molecular weight is 380 g/mol. The van der Waals surface area contributed by atoms with Gasteiger partial charge in [0.15, 0.2) is 15.8 Å². The van der Waals surface area contributed by atoms with Crippen molar-refractivity contribution in [3.8, 4) is 5.75 Å². The van der Waals surface area contributed by atoms with E-state index in [-0.39, 0.29) is 17.8 Å². The number of hydrogen-bond donors (Lipinski definition) is 1. The molecule has 2 heterocycles. The van der Waals surface area contributed by atoms with Gasteiger partial charge < -0.3 is 15.0 Å². The molecule has 0 amide bonds. The fourth-order valence-electron chi connectivity index (χ4n) is 3.53. The number of piperidine rings is 1. The zero-order valence-corrected chi connectivity index (χ0v) is 16.2. The largest absolute Gasteiger partial charge is 0.490 e. The smallest absolute Gasteiger partial charge is 0.193 e. The summed E-state index contributed by atoms with van der Waals surface area (Å²) in [6, 6.07) is 9.96. The first-order valence-electron chi connectivity index (χ1n) is 9.51. The molecule has 0 aromatic heterocycles. The molecule has 7 heteroatoms. The van der Waals surface area contributed by atoms with Crippen molar-refractivity contribution in [1.29, 1.82) is 0 Å². The predicted molar refractivity (Wildman–Crippen MR) is 104 cm³/mol. The summed E-state index contributed by atoms with van der Waals surface area (Å²) >= 11 is 0. The van der Waals surface area contributed by atoms with E-state index >= 15 is 0 Å². The van der Waals surface area contributed by atoms with E-state index < -0.39 is 9.84 Å². The third kappa shape index (κ3) is 5.37. The van der Waals surface area contributed by atoms with Crippen molar-refractivity contribution in [2.45, 2.75) is 32.3 Å². The lowest BCUT2D eigenvalue weighted by atomic mass is 10.1. The molecule has 0 bridgehead atoms. The Labute approximate surface area is 156 Å². The summed E-state index contributed by atoms with van der Waals surface area (Å²) < 4.78 is 29.3. The molecule has 144 valence electrons. The zero-order chi connectivity index (χ0) is 18.4. The first-order valence-corrected chi connectivity index (χ1v) is 11.3. The summed E-state index contributed by atoms with van der Waals surface area (Å²) in [5.74, 6) is 2.58. The van der Waals surface area contributed by atoms with Gasteiger partial charge in [-0.2, -0.15) is 0 Å². The number of nitrogens with one attached hydrogen (secondary N) is 1. The zero-order valence-electron chi connectivity index (χ0n) is 15.4. The van der Waals surface area contributed by atoms with Gasteiger partial charge in [-0.1, -0.05) is 18.2 Å². The molecule has 1 unspecified atom stereocenters. The minimum absolute atomic E-state index is 0.160. The summed E-state index contributed by atoms with van der Waals surface area (Å²) in [5, 5.41) is 3.35. The van der Waals surface area contributed by atoms with E-state index in [0.29, 0.717) is 12.3 Å². The topological polar surface area (TPSA) is 71.0 Å². The van der Waals surface area contributed by atoms with E-state index in [1.165, 1.54) is 0 Å². The second-order valence-corrected chi connectivity index (χ2v) is 9.31. The molecule has 0 spiro atoms. The highest BCUT2D eigenvalue weighted by molar-refractivity contribution is 7.91. The molecule has 2 aliphatic rings. The fraction of sp³-hybridized carbons (Fsp3) is 0.632. The van der Waals surface area contributed by atoms with Crippen LogP contribution >= 0.6 is 0 Å².